The molecule has 0 bridgehead atoms. The topological polar surface area (TPSA) is 11.4 Å². The van der Waals surface area contributed by atoms with Crippen LogP contribution in [0.1, 0.15) is 46.7 Å². The largest absolute Gasteiger partial charge is 0.343 e. The van der Waals surface area contributed by atoms with E-state index in [-0.39, 0.29) is 6.04 Å². The fourth-order valence-corrected chi connectivity index (χ4v) is 7.13. The molecule has 0 N–H and O–H groups in total. The molecule has 1 fully saturated rings. The van der Waals surface area contributed by atoms with Crippen LogP contribution in [0.15, 0.2) is 115 Å². The van der Waals surface area contributed by atoms with E-state index in [0.29, 0.717) is 6.04 Å². The minimum Gasteiger partial charge on any atom is -0.343 e. The van der Waals surface area contributed by atoms with Gasteiger partial charge >= 0.3 is 0 Å². The maximum Gasteiger partial charge on any atom is 0.0699 e. The third kappa shape index (κ3) is 6.05. The van der Waals surface area contributed by atoms with Crippen LogP contribution in [0.5, 0.6) is 0 Å². The molecule has 204 valence electrons. The van der Waals surface area contributed by atoms with E-state index < -0.39 is 0 Å². The summed E-state index contributed by atoms with van der Waals surface area (Å²) in [4.78, 5) is 2.54. The van der Waals surface area contributed by atoms with Crippen molar-refractivity contribution in [2.45, 2.75) is 43.6 Å². The Bertz CT molecular complexity index is 1470. The first-order chi connectivity index (χ1) is 19.7. The van der Waals surface area contributed by atoms with Crippen LogP contribution in [0, 0.1) is 0 Å². The first-order valence-electron chi connectivity index (χ1n) is 14.5. The Kier molecular flexibility index (Phi) is 8.38. The number of aromatic nitrogens is 1. The molecule has 40 heavy (non-hydrogen) atoms. The molecule has 1 aliphatic heterocycles. The zero-order valence-electron chi connectivity index (χ0n) is 23.6. The van der Waals surface area contributed by atoms with Gasteiger partial charge in [0.05, 0.1) is 6.04 Å². The van der Waals surface area contributed by atoms with E-state index in [1.807, 2.05) is 11.9 Å². The van der Waals surface area contributed by atoms with Gasteiger partial charge in [0.1, 0.15) is 0 Å². The van der Waals surface area contributed by atoms with Crippen molar-refractivity contribution < 1.29 is 0 Å². The van der Waals surface area contributed by atoms with Crippen LogP contribution >= 0.6 is 11.9 Å². The molecule has 2 heterocycles. The minimum absolute atomic E-state index is 0.205. The van der Waals surface area contributed by atoms with Crippen LogP contribution in [-0.4, -0.2) is 40.5 Å². The standard InChI is InChI=1S/C36H39N3S/c1-37-22-12-19-33(37)24-32-26-39(25-28-13-6-3-7-14-28)35-21-20-29(23-34(32)35)27-40-38(2)36(30-15-8-4-9-16-30)31-17-10-5-11-18-31/h3-11,13-18,20-21,23,26,33,36H,12,19,22,24-25,27H2,1-2H3/t33-/m1/s1. The number of likely N-dealkylation sites (N-methyl/N-ethyl adjacent to an activating group) is 1. The average Bonchev–Trinajstić information content (AvgIpc) is 3.56. The Labute approximate surface area is 243 Å². The van der Waals surface area contributed by atoms with Crippen LogP contribution in [0.2, 0.25) is 0 Å². The zero-order valence-corrected chi connectivity index (χ0v) is 24.4. The first-order valence-corrected chi connectivity index (χ1v) is 15.4. The van der Waals surface area contributed by atoms with Gasteiger partial charge in [-0.3, -0.25) is 0 Å². The fraction of sp³-hybridized carbons (Fsp3) is 0.278. The van der Waals surface area contributed by atoms with Crippen molar-refractivity contribution in [3.63, 3.8) is 0 Å². The van der Waals surface area contributed by atoms with E-state index in [2.05, 4.69) is 143 Å². The molecule has 0 saturated carbocycles. The molecule has 0 radical (unpaired) electrons. The Morgan fingerprint density at radius 3 is 2.10 bits per heavy atom. The number of benzene rings is 4. The van der Waals surface area contributed by atoms with E-state index in [9.17, 15) is 0 Å². The van der Waals surface area contributed by atoms with E-state index in [1.165, 1.54) is 58.1 Å². The van der Waals surface area contributed by atoms with Gasteiger partial charge in [0, 0.05) is 35.4 Å². The van der Waals surface area contributed by atoms with Gasteiger partial charge in [0.2, 0.25) is 0 Å². The highest BCUT2D eigenvalue weighted by Gasteiger charge is 2.23. The molecule has 6 rings (SSSR count). The highest BCUT2D eigenvalue weighted by molar-refractivity contribution is 7.96. The Morgan fingerprint density at radius 2 is 1.48 bits per heavy atom. The predicted octanol–water partition coefficient (Wildman–Crippen LogP) is 8.20. The molecule has 0 amide bonds. The number of rotatable bonds is 10. The van der Waals surface area contributed by atoms with Gasteiger partial charge in [-0.15, -0.1) is 0 Å². The summed E-state index contributed by atoms with van der Waals surface area (Å²) in [6.07, 6.45) is 6.15. The van der Waals surface area contributed by atoms with E-state index in [0.717, 1.165) is 18.7 Å². The molecule has 3 nitrogen and oxygen atoms in total. The van der Waals surface area contributed by atoms with Crippen molar-refractivity contribution in [2.75, 3.05) is 20.6 Å². The summed E-state index contributed by atoms with van der Waals surface area (Å²) in [6.45, 7) is 2.12. The molecule has 5 aromatic rings. The van der Waals surface area contributed by atoms with Crippen molar-refractivity contribution in [1.29, 1.82) is 0 Å². The summed E-state index contributed by atoms with van der Waals surface area (Å²) >= 11 is 1.90. The zero-order chi connectivity index (χ0) is 27.3. The Morgan fingerprint density at radius 1 is 0.825 bits per heavy atom. The summed E-state index contributed by atoms with van der Waals surface area (Å²) in [7, 11) is 4.51. The van der Waals surface area contributed by atoms with Crippen LogP contribution in [-0.2, 0) is 18.7 Å². The molecule has 1 aliphatic rings. The van der Waals surface area contributed by atoms with Gasteiger partial charge in [-0.05, 0) is 79.9 Å². The van der Waals surface area contributed by atoms with Crippen LogP contribution in [0.3, 0.4) is 0 Å². The lowest BCUT2D eigenvalue weighted by atomic mass is 9.99. The molecule has 0 unspecified atom stereocenters. The summed E-state index contributed by atoms with van der Waals surface area (Å²) < 4.78 is 4.88. The van der Waals surface area contributed by atoms with Crippen molar-refractivity contribution in [3.8, 4) is 0 Å². The molecule has 4 heteroatoms. The third-order valence-corrected chi connectivity index (χ3v) is 9.46. The van der Waals surface area contributed by atoms with Gasteiger partial charge in [-0.25, -0.2) is 4.31 Å². The van der Waals surface area contributed by atoms with Crippen LogP contribution in [0.25, 0.3) is 10.9 Å². The molecule has 1 aromatic heterocycles. The molecule has 4 aromatic carbocycles. The molecule has 0 aliphatic carbocycles. The second kappa shape index (κ2) is 12.5. The van der Waals surface area contributed by atoms with Crippen molar-refractivity contribution >= 4 is 22.9 Å². The predicted molar refractivity (Wildman–Crippen MR) is 171 cm³/mol. The summed E-state index contributed by atoms with van der Waals surface area (Å²) in [5.74, 6) is 0.940. The van der Waals surface area contributed by atoms with Crippen molar-refractivity contribution in [1.82, 2.24) is 13.8 Å². The van der Waals surface area contributed by atoms with Gasteiger partial charge in [-0.1, -0.05) is 109 Å². The maximum atomic E-state index is 2.54. The van der Waals surface area contributed by atoms with Gasteiger partial charge in [0.15, 0.2) is 0 Å². The summed E-state index contributed by atoms with van der Waals surface area (Å²) in [5, 5.41) is 1.42. The minimum atomic E-state index is 0.205. The third-order valence-electron chi connectivity index (χ3n) is 8.38. The monoisotopic (exact) mass is 545 g/mol. The van der Waals surface area contributed by atoms with Crippen molar-refractivity contribution in [3.05, 3.63) is 143 Å². The highest BCUT2D eigenvalue weighted by atomic mass is 32.2. The molecule has 0 spiro atoms. The Hall–Kier alpha value is -3.31. The number of hydrogen-bond donors (Lipinski definition) is 0. The first kappa shape index (κ1) is 26.9. The number of hydrogen-bond acceptors (Lipinski definition) is 3. The van der Waals surface area contributed by atoms with Crippen LogP contribution in [0.4, 0.5) is 0 Å². The van der Waals surface area contributed by atoms with E-state index >= 15 is 0 Å². The summed E-state index contributed by atoms with van der Waals surface area (Å²) in [5.41, 5.74) is 8.19. The maximum absolute atomic E-state index is 2.54. The van der Waals surface area contributed by atoms with Crippen molar-refractivity contribution in [2.24, 2.45) is 0 Å². The second-order valence-electron chi connectivity index (χ2n) is 11.1. The molecule has 1 atom stereocenters. The Balaban J connectivity index is 1.26. The highest BCUT2D eigenvalue weighted by Crippen LogP contribution is 2.34. The number of fused-ring (bicyclic) bond motifs is 1. The normalized spacial score (nSPS) is 15.9. The van der Waals surface area contributed by atoms with E-state index in [4.69, 9.17) is 0 Å². The average molecular weight is 546 g/mol. The second-order valence-corrected chi connectivity index (χ2v) is 12.3. The molecular weight excluding hydrogens is 506 g/mol. The lowest BCUT2D eigenvalue weighted by Crippen LogP contribution is -2.26. The van der Waals surface area contributed by atoms with Gasteiger partial charge in [-0.2, -0.15) is 0 Å². The van der Waals surface area contributed by atoms with Gasteiger partial charge in [0.25, 0.3) is 0 Å². The SMILES string of the molecule is CN(SCc1ccc2c(c1)c(C[C@H]1CCCN1C)cn2Cc1ccccc1)C(c1ccccc1)c1ccccc1. The van der Waals surface area contributed by atoms with Gasteiger partial charge < -0.3 is 9.47 Å². The lowest BCUT2D eigenvalue weighted by molar-refractivity contribution is 0.309. The van der Waals surface area contributed by atoms with Crippen LogP contribution < -0.4 is 0 Å². The number of likely N-dealkylation sites (tertiary alicyclic amines) is 1. The van der Waals surface area contributed by atoms with E-state index in [1.54, 1.807) is 0 Å². The lowest BCUT2D eigenvalue weighted by Gasteiger charge is -2.28. The quantitative estimate of drug-likeness (QED) is 0.164. The summed E-state index contributed by atoms with van der Waals surface area (Å²) in [6, 6.07) is 40.5. The fourth-order valence-electron chi connectivity index (χ4n) is 6.21. The molecular formula is C36H39N3S. The smallest absolute Gasteiger partial charge is 0.0699 e. The number of nitrogens with zero attached hydrogens (tertiary/aromatic N) is 3. The molecule has 1 saturated heterocycles.